The lowest BCUT2D eigenvalue weighted by Gasteiger charge is -2.17. The van der Waals surface area contributed by atoms with Crippen molar-refractivity contribution in [2.75, 3.05) is 23.9 Å². The van der Waals surface area contributed by atoms with Gasteiger partial charge in [-0.15, -0.1) is 0 Å². The van der Waals surface area contributed by atoms with Gasteiger partial charge in [0.2, 0.25) is 10.0 Å². The van der Waals surface area contributed by atoms with E-state index >= 15 is 0 Å². The highest BCUT2D eigenvalue weighted by Crippen LogP contribution is 2.26. The monoisotopic (exact) mass is 544 g/mol. The number of amides is 1. The molecule has 3 rings (SSSR count). The van der Waals surface area contributed by atoms with Crippen LogP contribution in [0.1, 0.15) is 32.9 Å². The number of anilines is 1. The summed E-state index contributed by atoms with van der Waals surface area (Å²) in [6.07, 6.45) is 2.06. The normalized spacial score (nSPS) is 12.6. The molecule has 2 N–H and O–H groups in total. The van der Waals surface area contributed by atoms with Crippen molar-refractivity contribution in [3.05, 3.63) is 72.4 Å². The minimum Gasteiger partial charge on any atom is -0.454 e. The number of nitrogens with zero attached hydrogens (tertiary/aromatic N) is 2. The fourth-order valence-electron chi connectivity index (χ4n) is 3.33. The predicted molar refractivity (Wildman–Crippen MR) is 145 cm³/mol. The smallest absolute Gasteiger partial charge is 0.324 e. The second kappa shape index (κ2) is 12.4. The Hall–Kier alpha value is -3.15. The molecule has 2 aromatic carbocycles. The Balaban J connectivity index is 1.70. The van der Waals surface area contributed by atoms with Crippen LogP contribution in [0.15, 0.2) is 71.6 Å². The number of nitrogens with one attached hydrogen (secondary N) is 2. The molecule has 3 aromatic rings. The minimum atomic E-state index is -3.94. The molecule has 1 heterocycles. The van der Waals surface area contributed by atoms with Crippen LogP contribution >= 0.6 is 11.8 Å². The lowest BCUT2D eigenvalue weighted by atomic mass is 9.92. The lowest BCUT2D eigenvalue weighted by Crippen LogP contribution is -2.43. The molecule has 0 aliphatic heterocycles. The number of para-hydroxylation sites is 1. The third-order valence-corrected chi connectivity index (χ3v) is 7.47. The van der Waals surface area contributed by atoms with Crippen LogP contribution in [0.3, 0.4) is 0 Å². The first-order valence-corrected chi connectivity index (χ1v) is 14.6. The Labute approximate surface area is 222 Å². The van der Waals surface area contributed by atoms with Crippen LogP contribution in [0.2, 0.25) is 0 Å². The summed E-state index contributed by atoms with van der Waals surface area (Å²) < 4.78 is 34.7. The van der Waals surface area contributed by atoms with Gasteiger partial charge in [0.25, 0.3) is 5.91 Å². The molecule has 1 amide bonds. The van der Waals surface area contributed by atoms with Crippen molar-refractivity contribution in [3.63, 3.8) is 0 Å². The first kappa shape index (κ1) is 28.4. The average Bonchev–Trinajstić information content (AvgIpc) is 3.30. The van der Waals surface area contributed by atoms with E-state index in [1.807, 2.05) is 57.4 Å². The molecule has 0 bridgehead atoms. The van der Waals surface area contributed by atoms with Gasteiger partial charge >= 0.3 is 5.97 Å². The van der Waals surface area contributed by atoms with Gasteiger partial charge < -0.3 is 10.1 Å². The molecule has 0 aliphatic carbocycles. The zero-order valence-corrected chi connectivity index (χ0v) is 22.9. The van der Waals surface area contributed by atoms with Crippen molar-refractivity contribution in [1.82, 2.24) is 14.5 Å². The molecule has 0 spiro atoms. The number of sulfonamides is 1. The number of aromatic nitrogens is 2. The fourth-order valence-corrected chi connectivity index (χ4v) is 5.05. The van der Waals surface area contributed by atoms with E-state index in [1.54, 1.807) is 28.9 Å². The Morgan fingerprint density at radius 1 is 1.05 bits per heavy atom. The van der Waals surface area contributed by atoms with E-state index in [1.165, 1.54) is 23.9 Å². The highest BCUT2D eigenvalue weighted by Gasteiger charge is 2.27. The van der Waals surface area contributed by atoms with Crippen LogP contribution < -0.4 is 10.0 Å². The lowest BCUT2D eigenvalue weighted by molar-refractivity contribution is -0.149. The molecule has 0 saturated carbocycles. The number of hydrogen-bond acceptors (Lipinski definition) is 7. The zero-order valence-electron chi connectivity index (χ0n) is 21.3. The van der Waals surface area contributed by atoms with Gasteiger partial charge in [0.05, 0.1) is 16.3 Å². The van der Waals surface area contributed by atoms with Gasteiger partial charge in [-0.25, -0.2) is 13.1 Å². The SMILES string of the molecule is CSCC[C@@H](NS(=O)(=O)c1ccccc1)C(=O)OCC(=O)Nc1cc(C(C)(C)C)nn1-c1ccccc1. The number of hydrogen-bond donors (Lipinski definition) is 2. The van der Waals surface area contributed by atoms with E-state index < -0.39 is 34.5 Å². The minimum absolute atomic E-state index is 0.0403. The van der Waals surface area contributed by atoms with Crippen molar-refractivity contribution in [3.8, 4) is 5.69 Å². The molecule has 1 aromatic heterocycles. The van der Waals surface area contributed by atoms with Gasteiger partial charge in [0.15, 0.2) is 6.61 Å². The highest BCUT2D eigenvalue weighted by molar-refractivity contribution is 7.98. The number of carbonyl (C=O) groups is 2. The van der Waals surface area contributed by atoms with Crippen molar-refractivity contribution in [1.29, 1.82) is 0 Å². The molecule has 37 heavy (non-hydrogen) atoms. The summed E-state index contributed by atoms with van der Waals surface area (Å²) in [6.45, 7) is 5.47. The van der Waals surface area contributed by atoms with Gasteiger partial charge in [-0.05, 0) is 42.7 Å². The number of carbonyl (C=O) groups excluding carboxylic acids is 2. The number of ether oxygens (including phenoxy) is 1. The van der Waals surface area contributed by atoms with Crippen LogP contribution in [0.5, 0.6) is 0 Å². The number of thioether (sulfide) groups is 1. The van der Waals surface area contributed by atoms with Crippen molar-refractivity contribution < 1.29 is 22.7 Å². The quantitative estimate of drug-likeness (QED) is 0.353. The molecule has 0 saturated heterocycles. The molecule has 11 heteroatoms. The summed E-state index contributed by atoms with van der Waals surface area (Å²) in [7, 11) is -3.94. The largest absolute Gasteiger partial charge is 0.454 e. The molecule has 0 radical (unpaired) electrons. The van der Waals surface area contributed by atoms with Crippen LogP contribution in [0, 0.1) is 0 Å². The molecule has 0 unspecified atom stereocenters. The number of esters is 1. The second-order valence-corrected chi connectivity index (χ2v) is 12.0. The third kappa shape index (κ3) is 7.91. The second-order valence-electron chi connectivity index (χ2n) is 9.34. The summed E-state index contributed by atoms with van der Waals surface area (Å²) in [5, 5.41) is 7.40. The van der Waals surface area contributed by atoms with Gasteiger partial charge in [-0.3, -0.25) is 9.59 Å². The Kier molecular flexibility index (Phi) is 9.52. The van der Waals surface area contributed by atoms with E-state index in [0.29, 0.717) is 11.6 Å². The summed E-state index contributed by atoms with van der Waals surface area (Å²) >= 11 is 1.47. The maximum Gasteiger partial charge on any atom is 0.324 e. The topological polar surface area (TPSA) is 119 Å². The van der Waals surface area contributed by atoms with Crippen molar-refractivity contribution in [2.24, 2.45) is 0 Å². The van der Waals surface area contributed by atoms with Crippen molar-refractivity contribution >= 4 is 39.5 Å². The molecule has 0 fully saturated rings. The van der Waals surface area contributed by atoms with Gasteiger partial charge in [0.1, 0.15) is 11.9 Å². The standard InChI is InChI=1S/C26H32N4O5S2/c1-26(2,3)22-17-23(30(28-22)19-11-7-5-8-12-19)27-24(31)18-35-25(32)21(15-16-36-4)29-37(33,34)20-13-9-6-10-14-20/h5-14,17,21,29H,15-16,18H2,1-4H3,(H,27,31)/t21-/m1/s1. The van der Waals surface area contributed by atoms with E-state index in [4.69, 9.17) is 4.74 Å². The zero-order chi connectivity index (χ0) is 27.1. The van der Waals surface area contributed by atoms with Crippen LogP contribution in [-0.2, 0) is 29.8 Å². The summed E-state index contributed by atoms with van der Waals surface area (Å²) in [5.74, 6) is -0.438. The molecule has 9 nitrogen and oxygen atoms in total. The molecular weight excluding hydrogens is 512 g/mol. The molecule has 0 aliphatic rings. The average molecular weight is 545 g/mol. The maximum atomic E-state index is 12.8. The van der Waals surface area contributed by atoms with E-state index in [0.717, 1.165) is 11.4 Å². The van der Waals surface area contributed by atoms with E-state index in [-0.39, 0.29) is 16.7 Å². The Morgan fingerprint density at radius 3 is 2.27 bits per heavy atom. The Bertz CT molecular complexity index is 1300. The predicted octanol–water partition coefficient (Wildman–Crippen LogP) is 3.75. The number of benzene rings is 2. The number of rotatable bonds is 11. The van der Waals surface area contributed by atoms with Crippen LogP contribution in [0.4, 0.5) is 5.82 Å². The van der Waals surface area contributed by atoms with E-state index in [2.05, 4.69) is 15.1 Å². The first-order valence-electron chi connectivity index (χ1n) is 11.7. The highest BCUT2D eigenvalue weighted by atomic mass is 32.2. The fraction of sp³-hybridized carbons (Fsp3) is 0.346. The maximum absolute atomic E-state index is 12.8. The Morgan fingerprint density at radius 2 is 1.68 bits per heavy atom. The summed E-state index contributed by atoms with van der Waals surface area (Å²) in [4.78, 5) is 25.6. The molecule has 1 atom stereocenters. The van der Waals surface area contributed by atoms with Gasteiger partial charge in [0, 0.05) is 11.5 Å². The summed E-state index contributed by atoms with van der Waals surface area (Å²) in [5.41, 5.74) is 1.28. The van der Waals surface area contributed by atoms with Crippen LogP contribution in [0.25, 0.3) is 5.69 Å². The van der Waals surface area contributed by atoms with Crippen LogP contribution in [-0.4, -0.2) is 54.7 Å². The molecule has 198 valence electrons. The van der Waals surface area contributed by atoms with Crippen molar-refractivity contribution in [2.45, 2.75) is 43.5 Å². The third-order valence-electron chi connectivity index (χ3n) is 5.34. The molecular formula is C26H32N4O5S2. The van der Waals surface area contributed by atoms with Gasteiger partial charge in [-0.1, -0.05) is 57.2 Å². The van der Waals surface area contributed by atoms with Gasteiger partial charge in [-0.2, -0.15) is 21.6 Å². The van der Waals surface area contributed by atoms with E-state index in [9.17, 15) is 18.0 Å². The first-order chi connectivity index (χ1) is 17.5. The summed E-state index contributed by atoms with van der Waals surface area (Å²) in [6, 6.07) is 17.8.